The van der Waals surface area contributed by atoms with Gasteiger partial charge in [-0.15, -0.1) is 0 Å². The number of rotatable bonds is 7. The molecule has 33 heavy (non-hydrogen) atoms. The first kappa shape index (κ1) is 22.8. The highest BCUT2D eigenvalue weighted by molar-refractivity contribution is 5.73. The van der Waals surface area contributed by atoms with E-state index in [0.717, 1.165) is 16.8 Å². The van der Waals surface area contributed by atoms with Gasteiger partial charge in [-0.05, 0) is 62.1 Å². The highest BCUT2D eigenvalue weighted by Crippen LogP contribution is 2.33. The van der Waals surface area contributed by atoms with Gasteiger partial charge in [0, 0.05) is 24.3 Å². The number of carbonyl (C=O) groups excluding carboxylic acids is 1. The molecule has 0 bridgehead atoms. The van der Waals surface area contributed by atoms with Crippen molar-refractivity contribution in [3.63, 3.8) is 0 Å². The molecule has 4 rings (SSSR count). The molecule has 3 aromatic rings. The maximum Gasteiger partial charge on any atom is 0.309 e. The largest absolute Gasteiger partial charge is 0.472 e. The van der Waals surface area contributed by atoms with Crippen LogP contribution in [0.25, 0.3) is 11.1 Å². The average Bonchev–Trinajstić information content (AvgIpc) is 2.84. The maximum atomic E-state index is 15.2. The summed E-state index contributed by atoms with van der Waals surface area (Å²) in [4.78, 5) is 18.5. The van der Waals surface area contributed by atoms with Gasteiger partial charge in [0.05, 0.1) is 18.2 Å². The number of nitrogens with zero attached hydrogens (tertiary/aromatic N) is 2. The number of benzene rings is 2. The van der Waals surface area contributed by atoms with E-state index in [1.165, 1.54) is 6.07 Å². The van der Waals surface area contributed by atoms with Crippen LogP contribution in [0.1, 0.15) is 31.0 Å². The summed E-state index contributed by atoms with van der Waals surface area (Å²) in [7, 11) is 0. The number of hydrogen-bond acceptors (Lipinski definition) is 5. The first-order chi connectivity index (χ1) is 16.0. The molecule has 0 unspecified atom stereocenters. The molecule has 0 amide bonds. The molecular weight excluding hydrogens is 419 g/mol. The van der Waals surface area contributed by atoms with Gasteiger partial charge in [0.2, 0.25) is 5.88 Å². The Kier molecular flexibility index (Phi) is 7.23. The molecule has 0 spiro atoms. The van der Waals surface area contributed by atoms with Crippen LogP contribution in [0.3, 0.4) is 0 Å². The van der Waals surface area contributed by atoms with Gasteiger partial charge in [-0.2, -0.15) is 0 Å². The smallest absolute Gasteiger partial charge is 0.309 e. The van der Waals surface area contributed by atoms with Gasteiger partial charge >= 0.3 is 5.97 Å². The van der Waals surface area contributed by atoms with E-state index in [2.05, 4.69) is 4.98 Å². The zero-order valence-corrected chi connectivity index (χ0v) is 19.1. The highest BCUT2D eigenvalue weighted by atomic mass is 19.1. The van der Waals surface area contributed by atoms with Gasteiger partial charge in [0.15, 0.2) is 0 Å². The molecular formula is C27H29FN2O3. The Morgan fingerprint density at radius 1 is 1.09 bits per heavy atom. The number of piperidine rings is 1. The number of ether oxygens (including phenoxy) is 2. The second kappa shape index (κ2) is 10.5. The quantitative estimate of drug-likeness (QED) is 0.443. The lowest BCUT2D eigenvalue weighted by Crippen LogP contribution is -2.37. The van der Waals surface area contributed by atoms with Crippen molar-refractivity contribution in [2.45, 2.75) is 33.3 Å². The summed E-state index contributed by atoms with van der Waals surface area (Å²) in [6.07, 6.45) is 1.33. The van der Waals surface area contributed by atoms with Crippen LogP contribution in [0.4, 0.5) is 10.1 Å². The van der Waals surface area contributed by atoms with Gasteiger partial charge in [-0.1, -0.05) is 36.4 Å². The standard InChI is InChI=1S/C27H29FN2O3/c1-3-32-27(31)21-13-15-30(16-14-21)25-12-10-22(17-24(25)28)23-11-9-19(2)29-26(23)33-18-20-7-5-4-6-8-20/h4-12,17,21H,3,13-16,18H2,1-2H3. The van der Waals surface area contributed by atoms with Crippen molar-refractivity contribution in [3.05, 3.63) is 77.7 Å². The second-order valence-electron chi connectivity index (χ2n) is 8.26. The first-order valence-corrected chi connectivity index (χ1v) is 11.4. The molecule has 2 heterocycles. The number of aryl methyl sites for hydroxylation is 1. The molecule has 6 heteroatoms. The molecule has 1 saturated heterocycles. The Hall–Kier alpha value is -3.41. The Labute approximate surface area is 194 Å². The topological polar surface area (TPSA) is 51.7 Å². The molecule has 1 aliphatic rings. The van der Waals surface area contributed by atoms with Crippen LogP contribution >= 0.6 is 0 Å². The third-order valence-corrected chi connectivity index (χ3v) is 5.93. The minimum Gasteiger partial charge on any atom is -0.472 e. The molecule has 0 N–H and O–H groups in total. The molecule has 2 aromatic carbocycles. The van der Waals surface area contributed by atoms with E-state index in [0.29, 0.717) is 56.3 Å². The maximum absolute atomic E-state index is 15.2. The zero-order chi connectivity index (χ0) is 23.2. The normalized spacial score (nSPS) is 14.2. The van der Waals surface area contributed by atoms with Crippen LogP contribution in [-0.2, 0) is 16.1 Å². The molecule has 0 atom stereocenters. The Morgan fingerprint density at radius 3 is 2.55 bits per heavy atom. The third kappa shape index (κ3) is 5.51. The molecule has 1 aliphatic heterocycles. The molecule has 1 aromatic heterocycles. The van der Waals surface area contributed by atoms with Gasteiger partial charge in [0.1, 0.15) is 12.4 Å². The summed E-state index contributed by atoms with van der Waals surface area (Å²) in [5.74, 6) is -0.0627. The third-order valence-electron chi connectivity index (χ3n) is 5.93. The average molecular weight is 449 g/mol. The number of carbonyl (C=O) groups is 1. The van der Waals surface area contributed by atoms with Crippen LogP contribution < -0.4 is 9.64 Å². The van der Waals surface area contributed by atoms with Crippen molar-refractivity contribution >= 4 is 11.7 Å². The summed E-state index contributed by atoms with van der Waals surface area (Å²) >= 11 is 0. The van der Waals surface area contributed by atoms with Gasteiger partial charge < -0.3 is 14.4 Å². The van der Waals surface area contributed by atoms with Gasteiger partial charge in [-0.25, -0.2) is 9.37 Å². The van der Waals surface area contributed by atoms with Crippen LogP contribution in [0, 0.1) is 18.7 Å². The predicted octanol–water partition coefficient (Wildman–Crippen LogP) is 5.55. The fraction of sp³-hybridized carbons (Fsp3) is 0.333. The van der Waals surface area contributed by atoms with Crippen molar-refractivity contribution in [3.8, 4) is 17.0 Å². The Bertz CT molecular complexity index is 1100. The number of esters is 1. The highest BCUT2D eigenvalue weighted by Gasteiger charge is 2.27. The summed E-state index contributed by atoms with van der Waals surface area (Å²) in [5, 5.41) is 0. The summed E-state index contributed by atoms with van der Waals surface area (Å²) in [5.41, 5.74) is 3.90. The summed E-state index contributed by atoms with van der Waals surface area (Å²) in [6.45, 7) is 5.74. The molecule has 172 valence electrons. The first-order valence-electron chi connectivity index (χ1n) is 11.4. The van der Waals surface area contributed by atoms with Crippen molar-refractivity contribution in [2.75, 3.05) is 24.6 Å². The predicted molar refractivity (Wildman–Crippen MR) is 127 cm³/mol. The van der Waals surface area contributed by atoms with Crippen molar-refractivity contribution in [2.24, 2.45) is 5.92 Å². The fourth-order valence-corrected chi connectivity index (χ4v) is 4.14. The van der Waals surface area contributed by atoms with E-state index in [-0.39, 0.29) is 17.7 Å². The Balaban J connectivity index is 1.50. The van der Waals surface area contributed by atoms with Crippen LogP contribution in [0.2, 0.25) is 0 Å². The SMILES string of the molecule is CCOC(=O)C1CCN(c2ccc(-c3ccc(C)nc3OCc3ccccc3)cc2F)CC1. The van der Waals surface area contributed by atoms with Crippen molar-refractivity contribution in [1.82, 2.24) is 4.98 Å². The molecule has 0 radical (unpaired) electrons. The lowest BCUT2D eigenvalue weighted by Gasteiger charge is -2.32. The minimum atomic E-state index is -0.295. The molecule has 1 fully saturated rings. The Morgan fingerprint density at radius 2 is 1.85 bits per heavy atom. The van der Waals surface area contributed by atoms with Crippen LogP contribution in [0.15, 0.2) is 60.7 Å². The van der Waals surface area contributed by atoms with Crippen molar-refractivity contribution in [1.29, 1.82) is 0 Å². The van der Waals surface area contributed by atoms with Crippen molar-refractivity contribution < 1.29 is 18.7 Å². The van der Waals surface area contributed by atoms with E-state index >= 15 is 4.39 Å². The second-order valence-corrected chi connectivity index (χ2v) is 8.26. The van der Waals surface area contributed by atoms with E-state index in [4.69, 9.17) is 9.47 Å². The fourth-order valence-electron chi connectivity index (χ4n) is 4.14. The monoisotopic (exact) mass is 448 g/mol. The lowest BCUT2D eigenvalue weighted by atomic mass is 9.96. The number of aromatic nitrogens is 1. The molecule has 5 nitrogen and oxygen atoms in total. The minimum absolute atomic E-state index is 0.105. The summed E-state index contributed by atoms with van der Waals surface area (Å²) in [6, 6.07) is 18.9. The van der Waals surface area contributed by atoms with E-state index in [9.17, 15) is 4.79 Å². The number of pyridine rings is 1. The molecule has 0 aliphatic carbocycles. The number of hydrogen-bond donors (Lipinski definition) is 0. The van der Waals surface area contributed by atoms with E-state index in [1.54, 1.807) is 6.07 Å². The molecule has 0 saturated carbocycles. The van der Waals surface area contributed by atoms with Crippen LogP contribution in [-0.4, -0.2) is 30.6 Å². The van der Waals surface area contributed by atoms with Gasteiger partial charge in [0.25, 0.3) is 0 Å². The number of anilines is 1. The van der Waals surface area contributed by atoms with E-state index < -0.39 is 0 Å². The van der Waals surface area contributed by atoms with E-state index in [1.807, 2.05) is 67.3 Å². The number of halogens is 1. The van der Waals surface area contributed by atoms with Gasteiger partial charge in [-0.3, -0.25) is 4.79 Å². The lowest BCUT2D eigenvalue weighted by molar-refractivity contribution is -0.148. The van der Waals surface area contributed by atoms with Crippen LogP contribution in [0.5, 0.6) is 5.88 Å². The zero-order valence-electron chi connectivity index (χ0n) is 19.1. The summed E-state index contributed by atoms with van der Waals surface area (Å²) < 4.78 is 26.3.